The van der Waals surface area contributed by atoms with E-state index in [9.17, 15) is 4.57 Å². The first kappa shape index (κ1) is 14.5. The van der Waals surface area contributed by atoms with Crippen molar-refractivity contribution >= 4 is 13.7 Å². The lowest BCUT2D eigenvalue weighted by Crippen LogP contribution is -2.41. The molecule has 1 aliphatic heterocycles. The van der Waals surface area contributed by atoms with E-state index < -0.39 is 18.8 Å². The van der Waals surface area contributed by atoms with Crippen LogP contribution in [0.2, 0.25) is 0 Å². The van der Waals surface area contributed by atoms with Gasteiger partial charge in [-0.2, -0.15) is 0 Å². The Labute approximate surface area is 115 Å². The summed E-state index contributed by atoms with van der Waals surface area (Å²) in [7, 11) is -3.04. The van der Waals surface area contributed by atoms with Crippen molar-refractivity contribution in [1.29, 1.82) is 0 Å². The molecule has 0 amide bonds. The van der Waals surface area contributed by atoms with Crippen LogP contribution in [-0.4, -0.2) is 17.4 Å². The van der Waals surface area contributed by atoms with E-state index in [-0.39, 0.29) is 0 Å². The molecule has 1 saturated heterocycles. The molecule has 0 atom stereocenters. The fourth-order valence-electron chi connectivity index (χ4n) is 1.89. The van der Waals surface area contributed by atoms with Gasteiger partial charge in [0.05, 0.1) is 6.16 Å². The molecule has 0 N–H and O–H groups in total. The van der Waals surface area contributed by atoms with E-state index >= 15 is 0 Å². The molecule has 19 heavy (non-hydrogen) atoms. The number of hydrogen-bond acceptors (Lipinski definition) is 3. The van der Waals surface area contributed by atoms with Crippen LogP contribution in [0.15, 0.2) is 36.4 Å². The topological polar surface area (TPSA) is 35.5 Å². The van der Waals surface area contributed by atoms with Gasteiger partial charge in [-0.15, -0.1) is 0 Å². The fourth-order valence-corrected chi connectivity index (χ4v) is 4.27. The third kappa shape index (κ3) is 3.17. The average molecular weight is 280 g/mol. The van der Waals surface area contributed by atoms with Crippen LogP contribution in [0.25, 0.3) is 6.08 Å². The minimum Gasteiger partial charge on any atom is -0.299 e. The van der Waals surface area contributed by atoms with Gasteiger partial charge < -0.3 is 0 Å². The van der Waals surface area contributed by atoms with E-state index in [2.05, 4.69) is 0 Å². The van der Waals surface area contributed by atoms with Crippen LogP contribution in [0.5, 0.6) is 0 Å². The van der Waals surface area contributed by atoms with E-state index in [0.29, 0.717) is 6.16 Å². The maximum atomic E-state index is 12.5. The summed E-state index contributed by atoms with van der Waals surface area (Å²) in [6.45, 7) is 7.64. The standard InChI is InChI=1S/C15H21O3P/c1-14(2)15(3,4)18-19(16,17-14)12-8-11-13-9-6-5-7-10-13/h5-11H,12H2,1-4H3/b11-8+. The van der Waals surface area contributed by atoms with Gasteiger partial charge in [0.15, 0.2) is 0 Å². The van der Waals surface area contributed by atoms with Gasteiger partial charge in [0, 0.05) is 0 Å². The first-order valence-corrected chi connectivity index (χ1v) is 8.19. The summed E-state index contributed by atoms with van der Waals surface area (Å²) in [4.78, 5) is 0. The van der Waals surface area contributed by atoms with Gasteiger partial charge in [0.25, 0.3) is 0 Å². The Morgan fingerprint density at radius 3 is 2.11 bits per heavy atom. The molecule has 4 heteroatoms. The minimum atomic E-state index is -3.04. The van der Waals surface area contributed by atoms with Crippen LogP contribution in [0, 0.1) is 0 Å². The van der Waals surface area contributed by atoms with Crippen LogP contribution < -0.4 is 0 Å². The molecule has 0 unspecified atom stereocenters. The Morgan fingerprint density at radius 2 is 1.58 bits per heavy atom. The summed E-state index contributed by atoms with van der Waals surface area (Å²) in [5.41, 5.74) is -0.00140. The second kappa shape index (κ2) is 4.90. The number of rotatable bonds is 3. The smallest absolute Gasteiger partial charge is 0.299 e. The summed E-state index contributed by atoms with van der Waals surface area (Å²) in [6, 6.07) is 9.90. The SMILES string of the molecule is CC1(C)OP(=O)(C/C=C/c2ccccc2)OC1(C)C. The zero-order valence-corrected chi connectivity index (χ0v) is 12.8. The lowest BCUT2D eigenvalue weighted by atomic mass is 9.90. The highest BCUT2D eigenvalue weighted by atomic mass is 31.2. The predicted molar refractivity (Wildman–Crippen MR) is 78.3 cm³/mol. The molecule has 1 heterocycles. The second-order valence-electron chi connectivity index (χ2n) is 5.81. The Bertz CT molecular complexity index is 497. The molecule has 0 aliphatic carbocycles. The number of benzene rings is 1. The average Bonchev–Trinajstić information content (AvgIpc) is 2.44. The Kier molecular flexibility index (Phi) is 3.74. The van der Waals surface area contributed by atoms with E-state index in [1.54, 1.807) is 0 Å². The van der Waals surface area contributed by atoms with Crippen molar-refractivity contribution in [2.24, 2.45) is 0 Å². The number of hydrogen-bond donors (Lipinski definition) is 0. The predicted octanol–water partition coefficient (Wildman–Crippen LogP) is 4.50. The molecule has 104 valence electrons. The number of allylic oxidation sites excluding steroid dienone is 1. The molecule has 0 spiro atoms. The third-order valence-corrected chi connectivity index (χ3v) is 5.75. The van der Waals surface area contributed by atoms with Crippen LogP contribution in [-0.2, 0) is 13.6 Å². The van der Waals surface area contributed by atoms with E-state index in [1.165, 1.54) is 0 Å². The van der Waals surface area contributed by atoms with Gasteiger partial charge in [0.2, 0.25) is 0 Å². The summed E-state index contributed by atoms with van der Waals surface area (Å²) in [5.74, 6) is 0. The van der Waals surface area contributed by atoms with Crippen LogP contribution >= 0.6 is 7.60 Å². The van der Waals surface area contributed by atoms with E-state index in [0.717, 1.165) is 5.56 Å². The zero-order chi connectivity index (χ0) is 14.1. The monoisotopic (exact) mass is 280 g/mol. The molecule has 0 saturated carbocycles. The van der Waals surface area contributed by atoms with Crippen molar-refractivity contribution in [2.45, 2.75) is 38.9 Å². The molecule has 1 aliphatic rings. The van der Waals surface area contributed by atoms with Crippen molar-refractivity contribution in [3.8, 4) is 0 Å². The molecule has 2 rings (SSSR count). The second-order valence-corrected chi connectivity index (χ2v) is 7.76. The fraction of sp³-hybridized carbons (Fsp3) is 0.467. The van der Waals surface area contributed by atoms with Gasteiger partial charge in [-0.25, -0.2) is 0 Å². The Hall–Kier alpha value is -0.890. The highest BCUT2D eigenvalue weighted by Gasteiger charge is 2.54. The first-order chi connectivity index (χ1) is 8.74. The lowest BCUT2D eigenvalue weighted by Gasteiger charge is -2.29. The van der Waals surface area contributed by atoms with Gasteiger partial charge in [-0.3, -0.25) is 13.6 Å². The minimum absolute atomic E-state index is 0.300. The van der Waals surface area contributed by atoms with Crippen LogP contribution in [0.3, 0.4) is 0 Å². The maximum absolute atomic E-state index is 12.5. The highest BCUT2D eigenvalue weighted by Crippen LogP contribution is 2.63. The van der Waals surface area contributed by atoms with Crippen molar-refractivity contribution in [3.05, 3.63) is 42.0 Å². The molecule has 0 aromatic heterocycles. The molecule has 1 fully saturated rings. The van der Waals surface area contributed by atoms with Crippen molar-refractivity contribution in [3.63, 3.8) is 0 Å². The van der Waals surface area contributed by atoms with Crippen molar-refractivity contribution in [1.82, 2.24) is 0 Å². The van der Waals surface area contributed by atoms with Crippen molar-refractivity contribution < 1.29 is 13.6 Å². The molecular formula is C15H21O3P. The summed E-state index contributed by atoms with van der Waals surface area (Å²) in [5, 5.41) is 0. The largest absolute Gasteiger partial charge is 0.335 e. The third-order valence-electron chi connectivity index (χ3n) is 3.62. The molecule has 0 radical (unpaired) electrons. The highest BCUT2D eigenvalue weighted by molar-refractivity contribution is 7.54. The molecule has 1 aromatic rings. The van der Waals surface area contributed by atoms with Crippen LogP contribution in [0.1, 0.15) is 33.3 Å². The first-order valence-electron chi connectivity index (χ1n) is 6.46. The molecule has 0 bridgehead atoms. The quantitative estimate of drug-likeness (QED) is 0.765. The molecular weight excluding hydrogens is 259 g/mol. The summed E-state index contributed by atoms with van der Waals surface area (Å²) in [6.07, 6.45) is 4.09. The van der Waals surface area contributed by atoms with Crippen LogP contribution in [0.4, 0.5) is 0 Å². The summed E-state index contributed by atoms with van der Waals surface area (Å²) < 4.78 is 23.9. The van der Waals surface area contributed by atoms with Gasteiger partial charge in [0.1, 0.15) is 11.2 Å². The summed E-state index contributed by atoms with van der Waals surface area (Å²) >= 11 is 0. The zero-order valence-electron chi connectivity index (χ0n) is 11.9. The Balaban J connectivity index is 2.05. The van der Waals surface area contributed by atoms with Gasteiger partial charge >= 0.3 is 7.60 Å². The normalized spacial score (nSPS) is 23.8. The Morgan fingerprint density at radius 1 is 1.05 bits per heavy atom. The molecule has 3 nitrogen and oxygen atoms in total. The van der Waals surface area contributed by atoms with Gasteiger partial charge in [-0.1, -0.05) is 42.5 Å². The van der Waals surface area contributed by atoms with E-state index in [4.69, 9.17) is 9.05 Å². The van der Waals surface area contributed by atoms with Crippen molar-refractivity contribution in [2.75, 3.05) is 6.16 Å². The van der Waals surface area contributed by atoms with E-state index in [1.807, 2.05) is 70.2 Å². The molecule has 1 aromatic carbocycles. The maximum Gasteiger partial charge on any atom is 0.335 e. The lowest BCUT2D eigenvalue weighted by molar-refractivity contribution is 0.00578. The van der Waals surface area contributed by atoms with Gasteiger partial charge in [-0.05, 0) is 33.3 Å².